The Hall–Kier alpha value is -4.18. The lowest BCUT2D eigenvalue weighted by atomic mass is 9.51. The molecule has 1 amide bonds. The van der Waals surface area contributed by atoms with Crippen molar-refractivity contribution < 1.29 is 43.6 Å². The van der Waals surface area contributed by atoms with Crippen LogP contribution in [0.5, 0.6) is 17.2 Å². The Kier molecular flexibility index (Phi) is 8.09. The van der Waals surface area contributed by atoms with Crippen LogP contribution in [-0.4, -0.2) is 62.1 Å². The number of phenols is 1. The number of amides is 1. The van der Waals surface area contributed by atoms with Crippen molar-refractivity contribution in [2.75, 3.05) is 0 Å². The van der Waals surface area contributed by atoms with Crippen LogP contribution in [0.2, 0.25) is 0 Å². The molecular formula is C39H47NO9. The van der Waals surface area contributed by atoms with Crippen molar-refractivity contribution in [3.05, 3.63) is 57.7 Å². The van der Waals surface area contributed by atoms with Crippen LogP contribution in [0.4, 0.5) is 0 Å². The predicted octanol–water partition coefficient (Wildman–Crippen LogP) is 6.04. The topological polar surface area (TPSA) is 148 Å². The van der Waals surface area contributed by atoms with E-state index in [2.05, 4.69) is 5.32 Å². The van der Waals surface area contributed by atoms with Crippen LogP contribution in [0.15, 0.2) is 41.0 Å². The summed E-state index contributed by atoms with van der Waals surface area (Å²) in [5.41, 5.74) is -2.29. The molecule has 0 aromatic heterocycles. The van der Waals surface area contributed by atoms with Gasteiger partial charge in [0.15, 0.2) is 22.8 Å². The molecule has 10 heteroatoms. The Bertz CT molecular complexity index is 1810. The maximum Gasteiger partial charge on any atom is 0.326 e. The van der Waals surface area contributed by atoms with E-state index in [9.17, 15) is 29.4 Å². The molecule has 4 bridgehead atoms. The van der Waals surface area contributed by atoms with Gasteiger partial charge in [-0.1, -0.05) is 44.1 Å². The number of carbonyl (C=O) groups excluding carboxylic acids is 3. The lowest BCUT2D eigenvalue weighted by Gasteiger charge is -2.56. The number of fused-ring (bicyclic) bond motifs is 2. The van der Waals surface area contributed by atoms with Crippen LogP contribution in [-0.2, 0) is 25.5 Å². The summed E-state index contributed by atoms with van der Waals surface area (Å²) in [4.78, 5) is 54.5. The number of carboxylic acids is 1. The number of carbonyl (C=O) groups is 4. The SMILES string of the molecule is CC[C@H](C)[C@H](NC(=O)/C(C)=C\C[C@]12OC(C)(C)C3C[C@H](C=C4C(=O)c5c(O)c6c(c(CC=C(C)C)c5O[C@@]431)OC(C)(C)C=C6)C2=O)C(=O)O. The molecule has 1 saturated heterocycles. The van der Waals surface area contributed by atoms with E-state index < -0.39 is 57.9 Å². The molecule has 1 aromatic carbocycles. The fraction of sp³-hybridized carbons (Fsp3) is 0.538. The van der Waals surface area contributed by atoms with Gasteiger partial charge < -0.3 is 29.7 Å². The average molecular weight is 674 g/mol. The summed E-state index contributed by atoms with van der Waals surface area (Å²) in [5.74, 6) is -3.38. The van der Waals surface area contributed by atoms with Crippen LogP contribution in [0, 0.1) is 17.8 Å². The van der Waals surface area contributed by atoms with Gasteiger partial charge in [-0.3, -0.25) is 14.4 Å². The zero-order valence-electron chi connectivity index (χ0n) is 29.8. The molecule has 262 valence electrons. The fourth-order valence-electron chi connectivity index (χ4n) is 8.39. The van der Waals surface area contributed by atoms with E-state index in [1.165, 1.54) is 0 Å². The molecule has 3 heterocycles. The summed E-state index contributed by atoms with van der Waals surface area (Å²) in [6.07, 6.45) is 10.1. The van der Waals surface area contributed by atoms with E-state index in [1.807, 2.05) is 60.6 Å². The molecule has 0 radical (unpaired) electrons. The number of nitrogens with one attached hydrogen (secondary N) is 1. The monoisotopic (exact) mass is 673 g/mol. The first kappa shape index (κ1) is 34.7. The maximum atomic E-state index is 14.8. The number of allylic oxidation sites excluding steroid dienone is 3. The quantitative estimate of drug-likeness (QED) is 0.211. The number of hydrogen-bond acceptors (Lipinski definition) is 8. The van der Waals surface area contributed by atoms with Gasteiger partial charge in [0.05, 0.1) is 11.2 Å². The Morgan fingerprint density at radius 2 is 1.78 bits per heavy atom. The predicted molar refractivity (Wildman–Crippen MR) is 183 cm³/mol. The molecule has 3 aliphatic heterocycles. The van der Waals surface area contributed by atoms with Gasteiger partial charge >= 0.3 is 5.97 Å². The Morgan fingerprint density at radius 3 is 2.41 bits per heavy atom. The Balaban J connectivity index is 1.52. The largest absolute Gasteiger partial charge is 0.506 e. The van der Waals surface area contributed by atoms with Crippen molar-refractivity contribution in [3.8, 4) is 17.2 Å². The van der Waals surface area contributed by atoms with Crippen molar-refractivity contribution in [3.63, 3.8) is 0 Å². The average Bonchev–Trinajstić information content (AvgIpc) is 3.17. The fourth-order valence-corrected chi connectivity index (χ4v) is 8.39. The Labute approximate surface area is 287 Å². The zero-order valence-corrected chi connectivity index (χ0v) is 29.8. The van der Waals surface area contributed by atoms with Gasteiger partial charge in [-0.15, -0.1) is 0 Å². The number of hydrogen-bond donors (Lipinski definition) is 3. The second-order valence-electron chi connectivity index (χ2n) is 15.6. The Morgan fingerprint density at radius 1 is 1.08 bits per heavy atom. The highest BCUT2D eigenvalue weighted by atomic mass is 16.6. The van der Waals surface area contributed by atoms with Gasteiger partial charge in [0.2, 0.25) is 5.91 Å². The molecule has 3 N–H and O–H groups in total. The van der Waals surface area contributed by atoms with Crippen LogP contribution >= 0.6 is 0 Å². The molecule has 1 unspecified atom stereocenters. The number of aliphatic carboxylic acids is 1. The summed E-state index contributed by atoms with van der Waals surface area (Å²) in [6, 6.07) is -1.08. The number of carboxylic acid groups (broad SMARTS) is 1. The van der Waals surface area contributed by atoms with Gasteiger partial charge in [0, 0.05) is 35.0 Å². The second kappa shape index (κ2) is 11.4. The normalized spacial score (nSPS) is 29.4. The van der Waals surface area contributed by atoms with E-state index in [-0.39, 0.29) is 46.3 Å². The summed E-state index contributed by atoms with van der Waals surface area (Å²) >= 11 is 0. The number of phenolic OH excluding ortho intramolecular Hbond substituents is 1. The zero-order chi connectivity index (χ0) is 36.0. The highest BCUT2D eigenvalue weighted by molar-refractivity contribution is 6.19. The van der Waals surface area contributed by atoms with Gasteiger partial charge in [-0.05, 0) is 79.4 Å². The number of aromatic hydroxyl groups is 1. The van der Waals surface area contributed by atoms with E-state index in [1.54, 1.807) is 32.1 Å². The molecule has 1 saturated carbocycles. The lowest BCUT2D eigenvalue weighted by molar-refractivity contribution is -0.171. The minimum Gasteiger partial charge on any atom is -0.506 e. The molecule has 49 heavy (non-hydrogen) atoms. The highest BCUT2D eigenvalue weighted by Gasteiger charge is 2.81. The second-order valence-corrected chi connectivity index (χ2v) is 15.6. The summed E-state index contributed by atoms with van der Waals surface area (Å²) in [7, 11) is 0. The van der Waals surface area contributed by atoms with Crippen molar-refractivity contribution in [1.29, 1.82) is 0 Å². The number of rotatable bonds is 9. The number of ketones is 2. The highest BCUT2D eigenvalue weighted by Crippen LogP contribution is 2.68. The van der Waals surface area contributed by atoms with E-state index in [4.69, 9.17) is 14.2 Å². The number of ether oxygens (including phenoxy) is 3. The first-order valence-electron chi connectivity index (χ1n) is 17.2. The standard InChI is InChI=1S/C39H47NO9/c1-10-20(4)28(35(45)46)40-34(44)21(5)13-16-38-33(43)22-17-25-30(42)27-29(41)23-14-15-36(6,7)47-31(23)24(12-11-19(2)3)32(27)48-39(25,38)26(18-22)37(8,9)49-38/h11,13-15,17,20,22,26,28,41H,10,12,16,18H2,1-9H3,(H,40,44)(H,45,46)/b21-13-/t20-,22-,26?,28-,38+,39-/m0/s1. The van der Waals surface area contributed by atoms with Crippen molar-refractivity contribution in [2.45, 2.75) is 116 Å². The van der Waals surface area contributed by atoms with E-state index in [0.717, 1.165) is 5.57 Å². The van der Waals surface area contributed by atoms with Gasteiger partial charge in [-0.2, -0.15) is 0 Å². The first-order chi connectivity index (χ1) is 22.8. The number of benzene rings is 1. The molecule has 1 aromatic rings. The third kappa shape index (κ3) is 5.00. The van der Waals surface area contributed by atoms with E-state index >= 15 is 0 Å². The molecular weight excluding hydrogens is 626 g/mol. The molecule has 6 aliphatic rings. The van der Waals surface area contributed by atoms with Crippen LogP contribution < -0.4 is 14.8 Å². The van der Waals surface area contributed by atoms with Crippen LogP contribution in [0.25, 0.3) is 6.08 Å². The lowest BCUT2D eigenvalue weighted by Crippen LogP contribution is -2.72. The summed E-state index contributed by atoms with van der Waals surface area (Å²) < 4.78 is 20.4. The third-order valence-electron chi connectivity index (χ3n) is 11.2. The van der Waals surface area contributed by atoms with Crippen molar-refractivity contribution in [1.82, 2.24) is 5.32 Å². The van der Waals surface area contributed by atoms with Gasteiger partial charge in [0.25, 0.3) is 0 Å². The van der Waals surface area contributed by atoms with Crippen LogP contribution in [0.1, 0.15) is 103 Å². The van der Waals surface area contributed by atoms with Gasteiger partial charge in [0.1, 0.15) is 34.5 Å². The first-order valence-corrected chi connectivity index (χ1v) is 17.2. The minimum atomic E-state index is -1.68. The van der Waals surface area contributed by atoms with Crippen LogP contribution in [0.3, 0.4) is 0 Å². The van der Waals surface area contributed by atoms with Gasteiger partial charge in [-0.25, -0.2) is 4.79 Å². The minimum absolute atomic E-state index is 0.0314. The maximum absolute atomic E-state index is 14.8. The smallest absolute Gasteiger partial charge is 0.326 e. The number of Topliss-reactive ketones (excluding diaryl/α,β-unsaturated/α-hetero) is 2. The third-order valence-corrected chi connectivity index (χ3v) is 11.2. The molecule has 6 atom stereocenters. The molecule has 1 spiro atoms. The van der Waals surface area contributed by atoms with E-state index in [0.29, 0.717) is 36.1 Å². The molecule has 3 aliphatic carbocycles. The molecule has 7 rings (SSSR count). The van der Waals surface area contributed by atoms with Crippen molar-refractivity contribution in [2.24, 2.45) is 17.8 Å². The summed E-state index contributed by atoms with van der Waals surface area (Å²) in [6.45, 7) is 16.7. The summed E-state index contributed by atoms with van der Waals surface area (Å²) in [5, 5.41) is 24.1. The van der Waals surface area contributed by atoms with Crippen molar-refractivity contribution >= 4 is 29.5 Å². The molecule has 10 nitrogen and oxygen atoms in total. The molecule has 2 fully saturated rings.